The highest BCUT2D eigenvalue weighted by atomic mass is 16.1. The molecule has 3 nitrogen and oxygen atoms in total. The summed E-state index contributed by atoms with van der Waals surface area (Å²) in [5, 5.41) is 0. The SMILES string of the molecule is O=C1CCCc2cn(Cc3cccnc3)cc21. The zero-order valence-corrected chi connectivity index (χ0v) is 9.60. The van der Waals surface area contributed by atoms with Gasteiger partial charge in [0.25, 0.3) is 0 Å². The molecule has 17 heavy (non-hydrogen) atoms. The number of fused-ring (bicyclic) bond motifs is 1. The van der Waals surface area contributed by atoms with Gasteiger partial charge < -0.3 is 4.57 Å². The third-order valence-electron chi connectivity index (χ3n) is 3.20. The van der Waals surface area contributed by atoms with Crippen molar-refractivity contribution in [3.63, 3.8) is 0 Å². The predicted octanol–water partition coefficient (Wildman–Crippen LogP) is 2.45. The fraction of sp³-hybridized carbons (Fsp3) is 0.286. The summed E-state index contributed by atoms with van der Waals surface area (Å²) in [5.41, 5.74) is 3.28. The van der Waals surface area contributed by atoms with Crippen molar-refractivity contribution < 1.29 is 4.79 Å². The van der Waals surface area contributed by atoms with Gasteiger partial charge in [0.1, 0.15) is 0 Å². The van der Waals surface area contributed by atoms with Gasteiger partial charge in [0.2, 0.25) is 0 Å². The molecule has 0 saturated carbocycles. The number of pyridine rings is 1. The molecule has 2 heterocycles. The molecule has 0 aliphatic heterocycles. The van der Waals surface area contributed by atoms with Gasteiger partial charge in [0.15, 0.2) is 5.78 Å². The highest BCUT2D eigenvalue weighted by Gasteiger charge is 2.18. The summed E-state index contributed by atoms with van der Waals surface area (Å²) in [6, 6.07) is 3.98. The second-order valence-corrected chi connectivity index (χ2v) is 4.51. The van der Waals surface area contributed by atoms with Crippen LogP contribution in [0.2, 0.25) is 0 Å². The summed E-state index contributed by atoms with van der Waals surface area (Å²) >= 11 is 0. The molecule has 1 aliphatic carbocycles. The van der Waals surface area contributed by atoms with Gasteiger partial charge in [-0.15, -0.1) is 0 Å². The Labute approximate surface area is 100 Å². The summed E-state index contributed by atoms with van der Waals surface area (Å²) < 4.78 is 2.09. The normalized spacial score (nSPS) is 14.7. The molecule has 3 heteroatoms. The van der Waals surface area contributed by atoms with E-state index in [1.165, 1.54) is 5.56 Å². The van der Waals surface area contributed by atoms with Crippen molar-refractivity contribution in [3.05, 3.63) is 53.6 Å². The molecule has 3 rings (SSSR count). The standard InChI is InChI=1S/C14H14N2O/c17-14-5-1-4-12-9-16(10-13(12)14)8-11-3-2-6-15-7-11/h2-3,6-7,9-10H,1,4-5,8H2. The molecule has 0 unspecified atom stereocenters. The molecule has 0 N–H and O–H groups in total. The number of ketones is 1. The van der Waals surface area contributed by atoms with Crippen LogP contribution >= 0.6 is 0 Å². The zero-order valence-electron chi connectivity index (χ0n) is 9.60. The predicted molar refractivity (Wildman–Crippen MR) is 65.0 cm³/mol. The maximum absolute atomic E-state index is 11.7. The van der Waals surface area contributed by atoms with E-state index in [9.17, 15) is 4.79 Å². The molecule has 0 amide bonds. The summed E-state index contributed by atoms with van der Waals surface area (Å²) in [5.74, 6) is 0.288. The lowest BCUT2D eigenvalue weighted by Crippen LogP contribution is -2.07. The van der Waals surface area contributed by atoms with Gasteiger partial charge in [0, 0.05) is 43.3 Å². The van der Waals surface area contributed by atoms with E-state index in [2.05, 4.69) is 15.7 Å². The minimum atomic E-state index is 0.288. The molecular formula is C14H14N2O. The van der Waals surface area contributed by atoms with Crippen LogP contribution in [0.1, 0.15) is 34.3 Å². The minimum Gasteiger partial charge on any atom is -0.349 e. The van der Waals surface area contributed by atoms with E-state index in [0.29, 0.717) is 6.42 Å². The van der Waals surface area contributed by atoms with Crippen LogP contribution in [0.25, 0.3) is 0 Å². The van der Waals surface area contributed by atoms with Crippen molar-refractivity contribution in [2.45, 2.75) is 25.8 Å². The van der Waals surface area contributed by atoms with Crippen LogP contribution in [0.3, 0.4) is 0 Å². The van der Waals surface area contributed by atoms with Gasteiger partial charge in [-0.05, 0) is 30.0 Å². The van der Waals surface area contributed by atoms with Gasteiger partial charge in [-0.25, -0.2) is 0 Å². The number of rotatable bonds is 2. The molecule has 2 aromatic rings. The first-order valence-corrected chi connectivity index (χ1v) is 5.94. The number of aryl methyl sites for hydroxylation is 1. The molecule has 0 bridgehead atoms. The number of aromatic nitrogens is 2. The first-order valence-electron chi connectivity index (χ1n) is 5.94. The van der Waals surface area contributed by atoms with Crippen LogP contribution in [-0.2, 0) is 13.0 Å². The van der Waals surface area contributed by atoms with Gasteiger partial charge >= 0.3 is 0 Å². The van der Waals surface area contributed by atoms with Gasteiger partial charge in [-0.1, -0.05) is 6.07 Å². The lowest BCUT2D eigenvalue weighted by Gasteiger charge is -2.07. The minimum absolute atomic E-state index is 0.288. The van der Waals surface area contributed by atoms with Crippen LogP contribution in [0, 0.1) is 0 Å². The van der Waals surface area contributed by atoms with E-state index in [1.807, 2.05) is 24.5 Å². The van der Waals surface area contributed by atoms with Gasteiger partial charge in [0.05, 0.1) is 0 Å². The third kappa shape index (κ3) is 2.00. The molecule has 0 spiro atoms. The Morgan fingerprint density at radius 3 is 3.00 bits per heavy atom. The van der Waals surface area contributed by atoms with Crippen LogP contribution in [0.15, 0.2) is 36.9 Å². The Kier molecular flexibility index (Phi) is 2.52. The highest BCUT2D eigenvalue weighted by Crippen LogP contribution is 2.22. The van der Waals surface area contributed by atoms with Crippen molar-refractivity contribution >= 4 is 5.78 Å². The molecule has 0 atom stereocenters. The fourth-order valence-electron chi connectivity index (χ4n) is 2.37. The van der Waals surface area contributed by atoms with Crippen molar-refractivity contribution in [2.75, 3.05) is 0 Å². The average Bonchev–Trinajstić information content (AvgIpc) is 2.74. The number of nitrogens with zero attached hydrogens (tertiary/aromatic N) is 2. The molecule has 2 aromatic heterocycles. The van der Waals surface area contributed by atoms with E-state index in [4.69, 9.17) is 0 Å². The smallest absolute Gasteiger partial charge is 0.164 e. The lowest BCUT2D eigenvalue weighted by atomic mass is 9.95. The van der Waals surface area contributed by atoms with Gasteiger partial charge in [-0.2, -0.15) is 0 Å². The number of Topliss-reactive ketones (excluding diaryl/α,β-unsaturated/α-hetero) is 1. The van der Waals surface area contributed by atoms with Crippen molar-refractivity contribution in [2.24, 2.45) is 0 Å². The van der Waals surface area contributed by atoms with Gasteiger partial charge in [-0.3, -0.25) is 9.78 Å². The molecule has 86 valence electrons. The largest absolute Gasteiger partial charge is 0.349 e. The molecular weight excluding hydrogens is 212 g/mol. The third-order valence-corrected chi connectivity index (χ3v) is 3.20. The van der Waals surface area contributed by atoms with Crippen molar-refractivity contribution in [1.29, 1.82) is 0 Å². The van der Waals surface area contributed by atoms with Crippen molar-refractivity contribution in [3.8, 4) is 0 Å². The van der Waals surface area contributed by atoms with E-state index >= 15 is 0 Å². The summed E-state index contributed by atoms with van der Waals surface area (Å²) in [6.07, 6.45) is 10.4. The molecule has 0 radical (unpaired) electrons. The van der Waals surface area contributed by atoms with Crippen LogP contribution in [-0.4, -0.2) is 15.3 Å². The molecule has 1 aliphatic rings. The number of carbonyl (C=O) groups excluding carboxylic acids is 1. The Morgan fingerprint density at radius 2 is 2.24 bits per heavy atom. The molecule has 0 fully saturated rings. The first-order chi connectivity index (χ1) is 8.33. The Hall–Kier alpha value is -1.90. The number of carbonyl (C=O) groups is 1. The van der Waals surface area contributed by atoms with E-state index < -0.39 is 0 Å². The van der Waals surface area contributed by atoms with E-state index in [0.717, 1.165) is 30.5 Å². The maximum Gasteiger partial charge on any atom is 0.164 e. The monoisotopic (exact) mass is 226 g/mol. The van der Waals surface area contributed by atoms with Crippen LogP contribution in [0.5, 0.6) is 0 Å². The summed E-state index contributed by atoms with van der Waals surface area (Å²) in [6.45, 7) is 0.786. The Balaban J connectivity index is 1.88. The zero-order chi connectivity index (χ0) is 11.7. The number of hydrogen-bond acceptors (Lipinski definition) is 2. The van der Waals surface area contributed by atoms with Crippen LogP contribution in [0.4, 0.5) is 0 Å². The average molecular weight is 226 g/mol. The Morgan fingerprint density at radius 1 is 1.29 bits per heavy atom. The topological polar surface area (TPSA) is 34.9 Å². The summed E-state index contributed by atoms with van der Waals surface area (Å²) in [7, 11) is 0. The number of hydrogen-bond donors (Lipinski definition) is 0. The Bertz CT molecular complexity index is 543. The second kappa shape index (κ2) is 4.17. The van der Waals surface area contributed by atoms with Crippen molar-refractivity contribution in [1.82, 2.24) is 9.55 Å². The fourth-order valence-corrected chi connectivity index (χ4v) is 2.37. The highest BCUT2D eigenvalue weighted by molar-refractivity contribution is 5.98. The lowest BCUT2D eigenvalue weighted by molar-refractivity contribution is 0.0973. The first kappa shape index (κ1) is 10.3. The van der Waals surface area contributed by atoms with E-state index in [1.54, 1.807) is 6.20 Å². The second-order valence-electron chi connectivity index (χ2n) is 4.51. The van der Waals surface area contributed by atoms with E-state index in [-0.39, 0.29) is 5.78 Å². The quantitative estimate of drug-likeness (QED) is 0.788. The molecule has 0 saturated heterocycles. The van der Waals surface area contributed by atoms with Crippen LogP contribution < -0.4 is 0 Å². The summed E-state index contributed by atoms with van der Waals surface area (Å²) in [4.78, 5) is 15.8. The molecule has 0 aromatic carbocycles. The maximum atomic E-state index is 11.7.